The Morgan fingerprint density at radius 1 is 1.20 bits per heavy atom. The highest BCUT2D eigenvalue weighted by Crippen LogP contribution is 2.18. The van der Waals surface area contributed by atoms with Crippen molar-refractivity contribution in [3.8, 4) is 5.75 Å². The van der Waals surface area contributed by atoms with E-state index in [-0.39, 0.29) is 17.9 Å². The molecule has 1 N–H and O–H groups in total. The molecule has 2 aromatic carbocycles. The van der Waals surface area contributed by atoms with E-state index in [0.29, 0.717) is 11.9 Å². The zero-order valence-electron chi connectivity index (χ0n) is 13.7. The van der Waals surface area contributed by atoms with Gasteiger partial charge in [-0.15, -0.1) is 0 Å². The van der Waals surface area contributed by atoms with E-state index in [1.807, 2.05) is 36.4 Å². The number of aromatic nitrogens is 1. The van der Waals surface area contributed by atoms with Gasteiger partial charge in [0.15, 0.2) is 5.43 Å². The smallest absolute Gasteiger partial charge is 0.240 e. The van der Waals surface area contributed by atoms with Crippen molar-refractivity contribution in [2.45, 2.75) is 13.1 Å². The van der Waals surface area contributed by atoms with E-state index in [0.717, 1.165) is 21.3 Å². The average Bonchev–Trinajstić information content (AvgIpc) is 2.62. The predicted molar refractivity (Wildman–Crippen MR) is 101 cm³/mol. The number of pyridine rings is 1. The molecular formula is C19H17BrN2O3. The minimum absolute atomic E-state index is 0.0676. The van der Waals surface area contributed by atoms with Gasteiger partial charge in [0.2, 0.25) is 5.91 Å². The van der Waals surface area contributed by atoms with Crippen LogP contribution in [0, 0.1) is 0 Å². The lowest BCUT2D eigenvalue weighted by atomic mass is 10.2. The van der Waals surface area contributed by atoms with Crippen LogP contribution in [0.5, 0.6) is 5.75 Å². The first kappa shape index (κ1) is 17.2. The highest BCUT2D eigenvalue weighted by molar-refractivity contribution is 9.10. The molecule has 0 aliphatic rings. The lowest BCUT2D eigenvalue weighted by molar-refractivity contribution is -0.121. The van der Waals surface area contributed by atoms with Crippen LogP contribution in [-0.4, -0.2) is 17.6 Å². The molecule has 1 amide bonds. The van der Waals surface area contributed by atoms with Gasteiger partial charge < -0.3 is 14.6 Å². The Hall–Kier alpha value is -2.60. The van der Waals surface area contributed by atoms with Gasteiger partial charge in [0.05, 0.1) is 12.6 Å². The summed E-state index contributed by atoms with van der Waals surface area (Å²) < 4.78 is 7.88. The summed E-state index contributed by atoms with van der Waals surface area (Å²) in [6.45, 7) is 0.514. The molecule has 0 saturated carbocycles. The number of para-hydroxylation sites is 1. The highest BCUT2D eigenvalue weighted by Gasteiger charge is 2.09. The zero-order chi connectivity index (χ0) is 17.8. The second-order valence-electron chi connectivity index (χ2n) is 5.56. The summed E-state index contributed by atoms with van der Waals surface area (Å²) in [5.74, 6) is 0.597. The summed E-state index contributed by atoms with van der Waals surface area (Å²) in [6, 6.07) is 14.5. The second-order valence-corrected chi connectivity index (χ2v) is 6.47. The van der Waals surface area contributed by atoms with E-state index in [1.165, 1.54) is 6.07 Å². The number of rotatable bonds is 5. The molecule has 0 radical (unpaired) electrons. The van der Waals surface area contributed by atoms with Gasteiger partial charge in [-0.25, -0.2) is 0 Å². The molecule has 3 aromatic rings. The van der Waals surface area contributed by atoms with Crippen LogP contribution in [0.3, 0.4) is 0 Å². The molecule has 0 aliphatic carbocycles. The Bertz CT molecular complexity index is 982. The van der Waals surface area contributed by atoms with Crippen LogP contribution in [0.4, 0.5) is 0 Å². The number of nitrogens with zero attached hydrogens (tertiary/aromatic N) is 1. The molecule has 0 atom stereocenters. The van der Waals surface area contributed by atoms with Gasteiger partial charge in [0.1, 0.15) is 12.3 Å². The molecular weight excluding hydrogens is 384 g/mol. The Kier molecular flexibility index (Phi) is 5.19. The fourth-order valence-electron chi connectivity index (χ4n) is 2.68. The van der Waals surface area contributed by atoms with Crippen LogP contribution in [0.2, 0.25) is 0 Å². The first-order valence-electron chi connectivity index (χ1n) is 7.76. The van der Waals surface area contributed by atoms with Crippen LogP contribution in [0.1, 0.15) is 5.56 Å². The van der Waals surface area contributed by atoms with Crippen molar-refractivity contribution in [1.82, 2.24) is 9.88 Å². The Balaban J connectivity index is 1.76. The summed E-state index contributed by atoms with van der Waals surface area (Å²) in [5, 5.41) is 3.46. The number of carbonyl (C=O) groups excluding carboxylic acids is 1. The number of ether oxygens (including phenoxy) is 1. The van der Waals surface area contributed by atoms with Crippen molar-refractivity contribution in [3.63, 3.8) is 0 Å². The van der Waals surface area contributed by atoms with Gasteiger partial charge in [-0.1, -0.05) is 34.1 Å². The minimum Gasteiger partial charge on any atom is -0.496 e. The number of benzene rings is 2. The van der Waals surface area contributed by atoms with Gasteiger partial charge in [-0.3, -0.25) is 9.59 Å². The van der Waals surface area contributed by atoms with E-state index in [2.05, 4.69) is 21.2 Å². The van der Waals surface area contributed by atoms with Gasteiger partial charge >= 0.3 is 0 Å². The molecule has 5 nitrogen and oxygen atoms in total. The second kappa shape index (κ2) is 7.53. The summed E-state index contributed by atoms with van der Waals surface area (Å²) >= 11 is 3.37. The fourth-order valence-corrected chi connectivity index (χ4v) is 3.04. The van der Waals surface area contributed by atoms with Crippen LogP contribution in [-0.2, 0) is 17.9 Å². The normalized spacial score (nSPS) is 10.6. The number of carbonyl (C=O) groups is 1. The monoisotopic (exact) mass is 400 g/mol. The number of nitrogens with one attached hydrogen (secondary N) is 1. The maximum absolute atomic E-state index is 12.3. The molecule has 1 aromatic heterocycles. The summed E-state index contributed by atoms with van der Waals surface area (Å²) in [7, 11) is 1.60. The fraction of sp³-hybridized carbons (Fsp3) is 0.158. The number of hydrogen-bond acceptors (Lipinski definition) is 3. The van der Waals surface area contributed by atoms with E-state index < -0.39 is 0 Å². The Labute approximate surface area is 153 Å². The van der Waals surface area contributed by atoms with Crippen molar-refractivity contribution in [3.05, 3.63) is 75.0 Å². The van der Waals surface area contributed by atoms with Crippen molar-refractivity contribution in [2.75, 3.05) is 7.11 Å². The van der Waals surface area contributed by atoms with Crippen molar-refractivity contribution >= 4 is 32.7 Å². The van der Waals surface area contributed by atoms with E-state index in [1.54, 1.807) is 23.9 Å². The van der Waals surface area contributed by atoms with Crippen molar-refractivity contribution < 1.29 is 9.53 Å². The van der Waals surface area contributed by atoms with Crippen LogP contribution < -0.4 is 15.5 Å². The molecule has 128 valence electrons. The van der Waals surface area contributed by atoms with E-state index in [4.69, 9.17) is 4.74 Å². The van der Waals surface area contributed by atoms with Crippen LogP contribution in [0.15, 0.2) is 64.0 Å². The van der Waals surface area contributed by atoms with Crippen molar-refractivity contribution in [2.24, 2.45) is 0 Å². The molecule has 6 heteroatoms. The minimum atomic E-state index is -0.140. The molecule has 0 spiro atoms. The Morgan fingerprint density at radius 3 is 2.80 bits per heavy atom. The summed E-state index contributed by atoms with van der Waals surface area (Å²) in [6.07, 6.45) is 1.64. The van der Waals surface area contributed by atoms with Crippen LogP contribution >= 0.6 is 15.9 Å². The predicted octanol–water partition coefficient (Wildman–Crippen LogP) is 3.09. The molecule has 1 heterocycles. The molecule has 25 heavy (non-hydrogen) atoms. The first-order valence-corrected chi connectivity index (χ1v) is 8.55. The largest absolute Gasteiger partial charge is 0.496 e. The SMILES string of the molecule is COc1ccccc1CNC(=O)Cn1ccc(=O)c2cc(Br)ccc21. The molecule has 3 rings (SSSR count). The number of fused-ring (bicyclic) bond motifs is 1. The van der Waals surface area contributed by atoms with Gasteiger partial charge in [-0.05, 0) is 24.3 Å². The maximum Gasteiger partial charge on any atom is 0.240 e. The summed E-state index contributed by atoms with van der Waals surface area (Å²) in [5.41, 5.74) is 1.57. The lowest BCUT2D eigenvalue weighted by Gasteiger charge is -2.12. The molecule has 0 aliphatic heterocycles. The number of amides is 1. The number of hydrogen-bond donors (Lipinski definition) is 1. The lowest BCUT2D eigenvalue weighted by Crippen LogP contribution is -2.27. The quantitative estimate of drug-likeness (QED) is 0.715. The Morgan fingerprint density at radius 2 is 2.00 bits per heavy atom. The number of halogens is 1. The van der Waals surface area contributed by atoms with Crippen LogP contribution in [0.25, 0.3) is 10.9 Å². The summed E-state index contributed by atoms with van der Waals surface area (Å²) in [4.78, 5) is 24.3. The van der Waals surface area contributed by atoms with Gasteiger partial charge in [0.25, 0.3) is 0 Å². The maximum atomic E-state index is 12.3. The molecule has 0 unspecified atom stereocenters. The van der Waals surface area contributed by atoms with Gasteiger partial charge in [0, 0.05) is 34.2 Å². The molecule has 0 saturated heterocycles. The average molecular weight is 401 g/mol. The molecule has 0 bridgehead atoms. The zero-order valence-corrected chi connectivity index (χ0v) is 15.2. The van der Waals surface area contributed by atoms with Gasteiger partial charge in [-0.2, -0.15) is 0 Å². The van der Waals surface area contributed by atoms with Crippen molar-refractivity contribution in [1.29, 1.82) is 0 Å². The first-order chi connectivity index (χ1) is 12.1. The third kappa shape index (κ3) is 3.91. The van der Waals surface area contributed by atoms with E-state index in [9.17, 15) is 9.59 Å². The molecule has 0 fully saturated rings. The van der Waals surface area contributed by atoms with E-state index >= 15 is 0 Å². The third-order valence-electron chi connectivity index (χ3n) is 3.92. The topological polar surface area (TPSA) is 60.3 Å². The third-order valence-corrected chi connectivity index (χ3v) is 4.42. The standard InChI is InChI=1S/C19H17BrN2O3/c1-25-18-5-3-2-4-13(18)11-21-19(24)12-22-9-8-17(23)15-10-14(20)6-7-16(15)22/h2-10H,11-12H2,1H3,(H,21,24). The number of methoxy groups -OCH3 is 1. The highest BCUT2D eigenvalue weighted by atomic mass is 79.9.